The largest absolute Gasteiger partial charge is 0.468 e. The molecule has 4 heteroatoms. The van der Waals surface area contributed by atoms with Gasteiger partial charge in [-0.25, -0.2) is 0 Å². The Labute approximate surface area is 131 Å². The standard InChI is InChI=1S/C18H22N2O2/c1-22-18(21)14-20-11-9-19(10-12-20)13-16-7-4-6-15-5-2-3-8-17(15)16/h2-8H,9-14H2,1H3. The molecule has 4 nitrogen and oxygen atoms in total. The number of hydrogen-bond donors (Lipinski definition) is 0. The second-order valence-corrected chi connectivity index (χ2v) is 5.77. The second-order valence-electron chi connectivity index (χ2n) is 5.77. The van der Waals surface area contributed by atoms with Crippen molar-refractivity contribution in [2.24, 2.45) is 0 Å². The Morgan fingerprint density at radius 3 is 2.45 bits per heavy atom. The van der Waals surface area contributed by atoms with E-state index >= 15 is 0 Å². The number of nitrogens with zero attached hydrogens (tertiary/aromatic N) is 2. The van der Waals surface area contributed by atoms with Gasteiger partial charge in [0.1, 0.15) is 0 Å². The van der Waals surface area contributed by atoms with Crippen molar-refractivity contribution in [3.63, 3.8) is 0 Å². The summed E-state index contributed by atoms with van der Waals surface area (Å²) in [4.78, 5) is 15.9. The minimum absolute atomic E-state index is 0.150. The van der Waals surface area contributed by atoms with E-state index in [1.165, 1.54) is 23.4 Å². The first-order chi connectivity index (χ1) is 10.8. The molecule has 22 heavy (non-hydrogen) atoms. The summed E-state index contributed by atoms with van der Waals surface area (Å²) in [6.45, 7) is 5.17. The fraction of sp³-hybridized carbons (Fsp3) is 0.389. The highest BCUT2D eigenvalue weighted by Gasteiger charge is 2.19. The molecule has 1 saturated heterocycles. The van der Waals surface area contributed by atoms with Crippen LogP contribution in [0.15, 0.2) is 42.5 Å². The van der Waals surface area contributed by atoms with Gasteiger partial charge in [0.05, 0.1) is 13.7 Å². The van der Waals surface area contributed by atoms with E-state index in [0.717, 1.165) is 32.7 Å². The lowest BCUT2D eigenvalue weighted by molar-refractivity contribution is -0.142. The molecule has 0 spiro atoms. The molecule has 1 heterocycles. The van der Waals surface area contributed by atoms with Crippen molar-refractivity contribution >= 4 is 16.7 Å². The summed E-state index contributed by atoms with van der Waals surface area (Å²) in [6, 6.07) is 15.0. The minimum Gasteiger partial charge on any atom is -0.468 e. The van der Waals surface area contributed by atoms with Gasteiger partial charge in [0.15, 0.2) is 0 Å². The number of benzene rings is 2. The Morgan fingerprint density at radius 1 is 1.00 bits per heavy atom. The van der Waals surface area contributed by atoms with Crippen LogP contribution >= 0.6 is 0 Å². The Kier molecular flexibility index (Phi) is 4.71. The number of ether oxygens (including phenoxy) is 1. The highest BCUT2D eigenvalue weighted by atomic mass is 16.5. The number of methoxy groups -OCH3 is 1. The molecular weight excluding hydrogens is 276 g/mol. The van der Waals surface area contributed by atoms with Crippen LogP contribution in [0.25, 0.3) is 10.8 Å². The van der Waals surface area contributed by atoms with E-state index in [1.54, 1.807) is 0 Å². The van der Waals surface area contributed by atoms with Crippen LogP contribution in [0.1, 0.15) is 5.56 Å². The monoisotopic (exact) mass is 298 g/mol. The number of hydrogen-bond acceptors (Lipinski definition) is 4. The zero-order valence-electron chi connectivity index (χ0n) is 13.0. The van der Waals surface area contributed by atoms with Crippen LogP contribution in [0.5, 0.6) is 0 Å². The first-order valence-corrected chi connectivity index (χ1v) is 7.74. The van der Waals surface area contributed by atoms with Crippen molar-refractivity contribution in [1.29, 1.82) is 0 Å². The van der Waals surface area contributed by atoms with E-state index < -0.39 is 0 Å². The molecule has 0 saturated carbocycles. The quantitative estimate of drug-likeness (QED) is 0.810. The molecule has 3 rings (SSSR count). The summed E-state index contributed by atoms with van der Waals surface area (Å²) >= 11 is 0. The average Bonchev–Trinajstić information content (AvgIpc) is 2.57. The number of rotatable bonds is 4. The van der Waals surface area contributed by atoms with E-state index in [1.807, 2.05) is 0 Å². The SMILES string of the molecule is COC(=O)CN1CCN(Cc2cccc3ccccc23)CC1. The van der Waals surface area contributed by atoms with Crippen molar-refractivity contribution in [2.75, 3.05) is 39.8 Å². The molecule has 0 aromatic heterocycles. The normalized spacial score (nSPS) is 16.8. The van der Waals surface area contributed by atoms with Crippen molar-refractivity contribution < 1.29 is 9.53 Å². The highest BCUT2D eigenvalue weighted by molar-refractivity contribution is 5.85. The lowest BCUT2D eigenvalue weighted by Crippen LogP contribution is -2.47. The third-order valence-corrected chi connectivity index (χ3v) is 4.32. The van der Waals surface area contributed by atoms with Gasteiger partial charge in [-0.05, 0) is 16.3 Å². The van der Waals surface area contributed by atoms with E-state index in [0.29, 0.717) is 6.54 Å². The average molecular weight is 298 g/mol. The van der Waals surface area contributed by atoms with Crippen LogP contribution in [-0.4, -0.2) is 55.6 Å². The molecule has 2 aromatic carbocycles. The lowest BCUT2D eigenvalue weighted by Gasteiger charge is -2.34. The van der Waals surface area contributed by atoms with Crippen molar-refractivity contribution in [1.82, 2.24) is 9.80 Å². The number of fused-ring (bicyclic) bond motifs is 1. The molecular formula is C18H22N2O2. The predicted molar refractivity (Wildman–Crippen MR) is 87.7 cm³/mol. The maximum Gasteiger partial charge on any atom is 0.319 e. The maximum atomic E-state index is 11.3. The van der Waals surface area contributed by atoms with Gasteiger partial charge < -0.3 is 4.74 Å². The molecule has 0 aliphatic carbocycles. The van der Waals surface area contributed by atoms with Gasteiger partial charge in [0.25, 0.3) is 0 Å². The van der Waals surface area contributed by atoms with Gasteiger partial charge in [0.2, 0.25) is 0 Å². The Balaban J connectivity index is 1.61. The molecule has 1 aliphatic heterocycles. The van der Waals surface area contributed by atoms with Crippen LogP contribution in [0.2, 0.25) is 0 Å². The molecule has 0 radical (unpaired) electrons. The number of carbonyl (C=O) groups excluding carboxylic acids is 1. The summed E-state index contributed by atoms with van der Waals surface area (Å²) in [5.74, 6) is -0.150. The van der Waals surface area contributed by atoms with E-state index in [2.05, 4.69) is 52.3 Å². The highest BCUT2D eigenvalue weighted by Crippen LogP contribution is 2.20. The lowest BCUT2D eigenvalue weighted by atomic mass is 10.0. The molecule has 1 aliphatic rings. The van der Waals surface area contributed by atoms with Crippen LogP contribution < -0.4 is 0 Å². The molecule has 0 N–H and O–H groups in total. The Morgan fingerprint density at radius 2 is 1.68 bits per heavy atom. The molecule has 116 valence electrons. The summed E-state index contributed by atoms with van der Waals surface area (Å²) < 4.78 is 4.73. The number of carbonyl (C=O) groups is 1. The van der Waals surface area contributed by atoms with Crippen molar-refractivity contribution in [2.45, 2.75) is 6.54 Å². The minimum atomic E-state index is -0.150. The fourth-order valence-electron chi connectivity index (χ4n) is 3.02. The summed E-state index contributed by atoms with van der Waals surface area (Å²) in [5.41, 5.74) is 1.37. The van der Waals surface area contributed by atoms with Crippen LogP contribution in [-0.2, 0) is 16.1 Å². The van der Waals surface area contributed by atoms with Gasteiger partial charge in [-0.1, -0.05) is 42.5 Å². The molecule has 2 aromatic rings. The van der Waals surface area contributed by atoms with E-state index in [-0.39, 0.29) is 5.97 Å². The Bertz CT molecular complexity index is 643. The smallest absolute Gasteiger partial charge is 0.319 e. The number of piperazine rings is 1. The molecule has 0 amide bonds. The van der Waals surface area contributed by atoms with E-state index in [4.69, 9.17) is 4.74 Å². The fourth-order valence-corrected chi connectivity index (χ4v) is 3.02. The van der Waals surface area contributed by atoms with Gasteiger partial charge in [-0.2, -0.15) is 0 Å². The Hall–Kier alpha value is -1.91. The van der Waals surface area contributed by atoms with Crippen molar-refractivity contribution in [3.8, 4) is 0 Å². The van der Waals surface area contributed by atoms with Crippen LogP contribution in [0, 0.1) is 0 Å². The molecule has 0 unspecified atom stereocenters. The summed E-state index contributed by atoms with van der Waals surface area (Å²) in [5, 5.41) is 2.63. The maximum absolute atomic E-state index is 11.3. The van der Waals surface area contributed by atoms with E-state index in [9.17, 15) is 4.79 Å². The zero-order valence-corrected chi connectivity index (χ0v) is 13.0. The second kappa shape index (κ2) is 6.90. The van der Waals surface area contributed by atoms with Gasteiger partial charge in [-0.15, -0.1) is 0 Å². The van der Waals surface area contributed by atoms with Crippen LogP contribution in [0.4, 0.5) is 0 Å². The molecule has 0 bridgehead atoms. The van der Waals surface area contributed by atoms with Gasteiger partial charge in [0, 0.05) is 32.7 Å². The third kappa shape index (κ3) is 3.46. The third-order valence-electron chi connectivity index (χ3n) is 4.32. The first kappa shape index (κ1) is 15.0. The first-order valence-electron chi connectivity index (χ1n) is 7.74. The molecule has 1 fully saturated rings. The topological polar surface area (TPSA) is 32.8 Å². The van der Waals surface area contributed by atoms with Gasteiger partial charge in [-0.3, -0.25) is 14.6 Å². The summed E-state index contributed by atoms with van der Waals surface area (Å²) in [6.07, 6.45) is 0. The predicted octanol–water partition coefficient (Wildman–Crippen LogP) is 2.13. The van der Waals surface area contributed by atoms with Crippen molar-refractivity contribution in [3.05, 3.63) is 48.0 Å². The number of esters is 1. The zero-order chi connectivity index (χ0) is 15.4. The van der Waals surface area contributed by atoms with Crippen LogP contribution in [0.3, 0.4) is 0 Å². The summed E-state index contributed by atoms with van der Waals surface area (Å²) in [7, 11) is 1.44. The van der Waals surface area contributed by atoms with Gasteiger partial charge >= 0.3 is 5.97 Å². The molecule has 0 atom stereocenters.